The van der Waals surface area contributed by atoms with E-state index in [-0.39, 0.29) is 87.5 Å². The second-order valence-electron chi connectivity index (χ2n) is 20.6. The summed E-state index contributed by atoms with van der Waals surface area (Å²) in [5.41, 5.74) is 12.1. The Labute approximate surface area is 457 Å². The molecule has 79 heavy (non-hydrogen) atoms. The number of hydrogen-bond donors (Lipinski definition) is 7. The molecule has 1 aliphatic heterocycles. The van der Waals surface area contributed by atoms with E-state index in [4.69, 9.17) is 21.2 Å². The van der Waals surface area contributed by atoms with Crippen LogP contribution in [0.2, 0.25) is 0 Å². The van der Waals surface area contributed by atoms with Gasteiger partial charge in [0.15, 0.2) is 0 Å². The van der Waals surface area contributed by atoms with Crippen LogP contribution < -0.4 is 38.1 Å². The summed E-state index contributed by atoms with van der Waals surface area (Å²) in [5.74, 6) is -4.25. The molecule has 0 saturated heterocycles. The number of amides is 9. The normalized spacial score (nSPS) is 13.8. The number of urea groups is 1. The molecular weight excluding hydrogens is 1030 g/mol. The molecule has 0 fully saturated rings. The fourth-order valence-corrected chi connectivity index (χ4v) is 8.85. The fraction of sp³-hybridized carbons (Fsp3) is 0.446. The summed E-state index contributed by atoms with van der Waals surface area (Å²) in [6.07, 6.45) is 4.89. The zero-order valence-electron chi connectivity index (χ0n) is 45.2. The van der Waals surface area contributed by atoms with Gasteiger partial charge in [0.1, 0.15) is 42.8 Å². The van der Waals surface area contributed by atoms with Gasteiger partial charge in [-0.25, -0.2) is 27.7 Å². The minimum Gasteiger partial charge on any atom is -0.445 e. The topological polar surface area (TPSA) is 282 Å². The quantitative estimate of drug-likeness (QED) is 0.0248. The number of hydrogen-bond acceptors (Lipinski definition) is 11. The third kappa shape index (κ3) is 18.8. The second-order valence-corrected chi connectivity index (χ2v) is 20.6. The van der Waals surface area contributed by atoms with Crippen LogP contribution in [0.5, 0.6) is 0 Å². The van der Waals surface area contributed by atoms with Crippen LogP contribution in [0.15, 0.2) is 91.1 Å². The molecule has 0 unspecified atom stereocenters. The van der Waals surface area contributed by atoms with Crippen molar-refractivity contribution in [3.05, 3.63) is 120 Å². The highest BCUT2D eigenvalue weighted by atomic mass is 19.1. The van der Waals surface area contributed by atoms with Crippen molar-refractivity contribution in [2.24, 2.45) is 22.8 Å². The Morgan fingerprint density at radius 1 is 0.823 bits per heavy atom. The number of nitrogens with zero attached hydrogens (tertiary/aromatic N) is 4. The van der Waals surface area contributed by atoms with Crippen LogP contribution >= 0.6 is 0 Å². The Bertz CT molecular complexity index is 2770. The van der Waals surface area contributed by atoms with E-state index >= 15 is 4.39 Å². The summed E-state index contributed by atoms with van der Waals surface area (Å²) in [7, 11) is 0. The number of alkyl halides is 1. The summed E-state index contributed by atoms with van der Waals surface area (Å²) < 4.78 is 51.5. The van der Waals surface area contributed by atoms with Crippen LogP contribution in [0.1, 0.15) is 103 Å². The Morgan fingerprint density at radius 3 is 2.15 bits per heavy atom. The van der Waals surface area contributed by atoms with E-state index in [1.165, 1.54) is 17.1 Å². The zero-order valence-corrected chi connectivity index (χ0v) is 45.2. The average molecular weight is 1100 g/mol. The maximum Gasteiger partial charge on any atom is 0.407 e. The average Bonchev–Trinajstić information content (AvgIpc) is 4.10. The number of alkyl carbamates (subject to hydrolysis) is 1. The summed E-state index contributed by atoms with van der Waals surface area (Å²) >= 11 is 0. The van der Waals surface area contributed by atoms with Crippen molar-refractivity contribution in [3.63, 3.8) is 0 Å². The first-order valence-electron chi connectivity index (χ1n) is 26.2. The first-order chi connectivity index (χ1) is 37.6. The van der Waals surface area contributed by atoms with Gasteiger partial charge in [-0.15, -0.1) is 0 Å². The van der Waals surface area contributed by atoms with E-state index in [9.17, 15) is 47.1 Å². The number of carbonyl (C=O) groups is 8. The molecule has 4 aromatic rings. The number of aromatic nitrogens is 2. The van der Waals surface area contributed by atoms with Gasteiger partial charge in [0.2, 0.25) is 23.6 Å². The monoisotopic (exact) mass is 1100 g/mol. The maximum atomic E-state index is 15.2. The van der Waals surface area contributed by atoms with Gasteiger partial charge < -0.3 is 52.3 Å². The molecule has 3 aromatic carbocycles. The molecule has 0 bridgehead atoms. The number of primary amides is 1. The summed E-state index contributed by atoms with van der Waals surface area (Å²) in [5, 5.41) is 13.2. The number of benzene rings is 3. The fourth-order valence-electron chi connectivity index (χ4n) is 8.85. The summed E-state index contributed by atoms with van der Waals surface area (Å²) in [6.45, 7) is 7.91. The number of ether oxygens (including phenoxy) is 1. The predicted octanol–water partition coefficient (Wildman–Crippen LogP) is 5.90. The number of nitrogens with two attached hydrogens (primary N) is 2. The lowest BCUT2D eigenvalue weighted by Gasteiger charge is -2.40. The van der Waals surface area contributed by atoms with E-state index in [1.807, 2.05) is 51.1 Å². The lowest BCUT2D eigenvalue weighted by molar-refractivity contribution is -0.137. The SMILES string of the molecule is CC(C)[C@H](NC(=O)CCCCCN1C(=O)C=CC1=O)C(=O)N[C@@H](CCCNC(N)=O)C(=O)Nc1ccc(COC(=O)N[C@H](CF)CCN(C(=O)CN)[C@@H](c2nc(-c3cc(F)ccc3F)cn2Cc2ccccc2)C(C)(C)C)cc1. The highest BCUT2D eigenvalue weighted by Gasteiger charge is 2.39. The van der Waals surface area contributed by atoms with Crippen molar-refractivity contribution in [1.29, 1.82) is 0 Å². The zero-order chi connectivity index (χ0) is 57.8. The van der Waals surface area contributed by atoms with Crippen molar-refractivity contribution in [3.8, 4) is 11.3 Å². The van der Waals surface area contributed by atoms with Crippen LogP contribution in [-0.4, -0.2) is 118 Å². The molecule has 0 spiro atoms. The Balaban J connectivity index is 1.18. The number of rotatable bonds is 29. The number of unbranched alkanes of at least 4 members (excludes halogenated alkanes) is 2. The van der Waals surface area contributed by atoms with Crippen LogP contribution in [0.4, 0.5) is 28.4 Å². The first-order valence-corrected chi connectivity index (χ1v) is 26.2. The smallest absolute Gasteiger partial charge is 0.407 e. The van der Waals surface area contributed by atoms with Gasteiger partial charge in [0.25, 0.3) is 11.8 Å². The standard InChI is InChI=1S/C56H72F3N11O9/c1-35(2)49(67-45(71)16-10-7-11-27-69-46(72)23-24-47(69)73)53(76)66-43(15-12-26-62-54(61)77)52(75)63-39-20-17-37(18-21-39)34-79-55(78)64-40(30-57)25-28-70(48(74)31-60)50(56(3,4)5)51-65-44(41-29-38(58)19-22-42(41)59)33-68(51)32-36-13-8-6-9-14-36/h6,8-9,13-14,17-24,29,33,35,40,43,49-50H,7,10-12,15-16,25-28,30-32,34,60H2,1-5H3,(H,63,75)(H,64,78)(H,66,76)(H,67,71)(H3,61,62,77)/t40-,43-,49-,50-/m0/s1. The molecule has 20 nitrogen and oxygen atoms in total. The van der Waals surface area contributed by atoms with Gasteiger partial charge in [0.05, 0.1) is 24.3 Å². The first kappa shape index (κ1) is 61.8. The number of anilines is 1. The van der Waals surface area contributed by atoms with Gasteiger partial charge in [-0.1, -0.05) is 83.5 Å². The van der Waals surface area contributed by atoms with Crippen LogP contribution in [0, 0.1) is 23.0 Å². The number of nitrogens with one attached hydrogen (secondary N) is 5. The predicted molar refractivity (Wildman–Crippen MR) is 289 cm³/mol. The van der Waals surface area contributed by atoms with Crippen LogP contribution in [0.25, 0.3) is 11.3 Å². The molecule has 1 aliphatic rings. The van der Waals surface area contributed by atoms with Gasteiger partial charge in [-0.2, -0.15) is 0 Å². The number of imidazole rings is 1. The van der Waals surface area contributed by atoms with Crippen molar-refractivity contribution >= 4 is 53.3 Å². The van der Waals surface area contributed by atoms with E-state index < -0.39 is 90.2 Å². The lowest BCUT2D eigenvalue weighted by Crippen LogP contribution is -2.54. The van der Waals surface area contributed by atoms with E-state index in [0.29, 0.717) is 36.3 Å². The highest BCUT2D eigenvalue weighted by Crippen LogP contribution is 2.40. The van der Waals surface area contributed by atoms with Gasteiger partial charge >= 0.3 is 12.1 Å². The molecular formula is C56H72F3N11O9. The van der Waals surface area contributed by atoms with Crippen molar-refractivity contribution in [1.82, 2.24) is 40.6 Å². The Hall–Kier alpha value is -8.08. The van der Waals surface area contributed by atoms with Crippen molar-refractivity contribution in [2.45, 2.75) is 117 Å². The molecule has 0 radical (unpaired) electrons. The van der Waals surface area contributed by atoms with Crippen molar-refractivity contribution < 1.29 is 56.3 Å². The van der Waals surface area contributed by atoms with E-state index in [1.54, 1.807) is 48.9 Å². The molecule has 1 aromatic heterocycles. The molecule has 426 valence electrons. The number of imide groups is 1. The van der Waals surface area contributed by atoms with Crippen LogP contribution in [0.3, 0.4) is 0 Å². The Morgan fingerprint density at radius 2 is 1.52 bits per heavy atom. The maximum absolute atomic E-state index is 15.2. The molecule has 2 heterocycles. The third-order valence-corrected chi connectivity index (χ3v) is 13.0. The molecule has 0 aliphatic carbocycles. The molecule has 9 N–H and O–H groups in total. The van der Waals surface area contributed by atoms with E-state index in [2.05, 4.69) is 26.6 Å². The molecule has 0 saturated carbocycles. The van der Waals surface area contributed by atoms with Gasteiger partial charge in [-0.05, 0) is 84.9 Å². The summed E-state index contributed by atoms with van der Waals surface area (Å²) in [6, 6.07) is 13.8. The molecule has 9 amide bonds. The minimum atomic E-state index is -1.12. The van der Waals surface area contributed by atoms with Gasteiger partial charge in [-0.3, -0.25) is 33.7 Å². The van der Waals surface area contributed by atoms with Crippen molar-refractivity contribution in [2.75, 3.05) is 38.2 Å². The third-order valence-electron chi connectivity index (χ3n) is 13.0. The number of halogens is 3. The molecule has 5 rings (SSSR count). The Kier molecular flexibility index (Phi) is 23.1. The van der Waals surface area contributed by atoms with E-state index in [0.717, 1.165) is 28.7 Å². The lowest BCUT2D eigenvalue weighted by atomic mass is 9.84. The van der Waals surface area contributed by atoms with Crippen LogP contribution in [-0.2, 0) is 46.7 Å². The minimum absolute atomic E-state index is 0.0757. The highest BCUT2D eigenvalue weighted by molar-refractivity contribution is 6.12. The molecule has 23 heteroatoms. The second kappa shape index (κ2) is 29.6. The molecule has 4 atom stereocenters. The summed E-state index contributed by atoms with van der Waals surface area (Å²) in [4.78, 5) is 109. The number of carbonyl (C=O) groups excluding carboxylic acids is 8. The largest absolute Gasteiger partial charge is 0.445 e. The van der Waals surface area contributed by atoms with Gasteiger partial charge in [0, 0.05) is 62.2 Å².